The van der Waals surface area contributed by atoms with Crippen LogP contribution in [0.3, 0.4) is 0 Å². The summed E-state index contributed by atoms with van der Waals surface area (Å²) >= 11 is 3.85. The second-order valence-electron chi connectivity index (χ2n) is 7.35. The summed E-state index contributed by atoms with van der Waals surface area (Å²) in [6.45, 7) is 4.32. The smallest absolute Gasteiger partial charge is 0.0265 e. The van der Waals surface area contributed by atoms with Crippen LogP contribution >= 0.6 is 26.0 Å². The van der Waals surface area contributed by atoms with Gasteiger partial charge in [-0.15, -0.1) is 10.0 Å². The van der Waals surface area contributed by atoms with Gasteiger partial charge in [0, 0.05) is 29.6 Å². The van der Waals surface area contributed by atoms with E-state index in [2.05, 4.69) is 121 Å². The molecule has 4 aromatic rings. The lowest BCUT2D eigenvalue weighted by atomic mass is 10.1. The lowest BCUT2D eigenvalue weighted by Crippen LogP contribution is -2.02. The van der Waals surface area contributed by atoms with Crippen LogP contribution in [0.4, 0.5) is 0 Å². The van der Waals surface area contributed by atoms with Gasteiger partial charge in [-0.05, 0) is 61.9 Å². The summed E-state index contributed by atoms with van der Waals surface area (Å²) in [7, 11) is -1.52. The van der Waals surface area contributed by atoms with Gasteiger partial charge in [0.1, 0.15) is 0 Å². The van der Waals surface area contributed by atoms with Crippen molar-refractivity contribution in [1.82, 2.24) is 0 Å². The first-order valence-electron chi connectivity index (χ1n) is 9.47. The van der Waals surface area contributed by atoms with E-state index in [4.69, 9.17) is 0 Å². The lowest BCUT2D eigenvalue weighted by molar-refractivity contribution is 1.26. The van der Waals surface area contributed by atoms with Crippen molar-refractivity contribution in [2.45, 2.75) is 33.4 Å². The molecular weight excluding hydrogens is 424 g/mol. The molecule has 1 aliphatic heterocycles. The summed E-state index contributed by atoms with van der Waals surface area (Å²) in [5.74, 6) is 0. The zero-order valence-electron chi connectivity index (χ0n) is 15.9. The monoisotopic (exact) mass is 444 g/mol. The fourth-order valence-corrected chi connectivity index (χ4v) is 9.12. The average Bonchev–Trinajstić information content (AvgIpc) is 3.02. The number of rotatable bonds is 2. The molecule has 138 valence electrons. The molecule has 0 nitrogen and oxygen atoms in total. The number of hydrogen-bond donors (Lipinski definition) is 0. The van der Waals surface area contributed by atoms with E-state index in [1.807, 2.05) is 0 Å². The Morgan fingerprint density at radius 1 is 0.571 bits per heavy atom. The number of fused-ring (bicyclic) bond motifs is 3. The van der Waals surface area contributed by atoms with Crippen LogP contribution in [0.1, 0.15) is 11.1 Å². The van der Waals surface area contributed by atoms with Crippen LogP contribution in [-0.2, 0) is 0 Å². The molecule has 0 atom stereocenters. The normalized spacial score (nSPS) is 15.0. The maximum absolute atomic E-state index is 3.85. The van der Waals surface area contributed by atoms with Crippen molar-refractivity contribution in [2.75, 3.05) is 0 Å². The summed E-state index contributed by atoms with van der Waals surface area (Å²) in [6, 6.07) is 33.9. The van der Waals surface area contributed by atoms with Crippen molar-refractivity contribution in [3.05, 3.63) is 107 Å². The highest BCUT2D eigenvalue weighted by Crippen LogP contribution is 2.80. The fourth-order valence-electron chi connectivity index (χ4n) is 4.21. The lowest BCUT2D eigenvalue weighted by Gasteiger charge is -2.39. The summed E-state index contributed by atoms with van der Waals surface area (Å²) in [6.07, 6.45) is 0. The SMILES string of the molecule is Cc1ccc(S2(c3ccc(C)cc3)c3ccccc3-c3c(Br)cccc32)cc1. The van der Waals surface area contributed by atoms with Crippen LogP contribution < -0.4 is 0 Å². The van der Waals surface area contributed by atoms with Crippen molar-refractivity contribution in [1.29, 1.82) is 0 Å². The predicted octanol–water partition coefficient (Wildman–Crippen LogP) is 8.39. The summed E-state index contributed by atoms with van der Waals surface area (Å²) in [4.78, 5) is 5.65. The summed E-state index contributed by atoms with van der Waals surface area (Å²) in [5, 5.41) is 0. The second-order valence-corrected chi connectivity index (χ2v) is 11.2. The van der Waals surface area contributed by atoms with E-state index < -0.39 is 10.0 Å². The first-order chi connectivity index (χ1) is 13.6. The van der Waals surface area contributed by atoms with Crippen LogP contribution in [0, 0.1) is 13.8 Å². The van der Waals surface area contributed by atoms with E-state index in [1.54, 1.807) is 0 Å². The molecular formula is C26H21BrS. The quantitative estimate of drug-likeness (QED) is 0.256. The minimum absolute atomic E-state index is 1.17. The number of aryl methyl sites for hydroxylation is 2. The third kappa shape index (κ3) is 2.45. The van der Waals surface area contributed by atoms with Gasteiger partial charge >= 0.3 is 0 Å². The van der Waals surface area contributed by atoms with Gasteiger partial charge < -0.3 is 0 Å². The van der Waals surface area contributed by atoms with Gasteiger partial charge in [-0.2, -0.15) is 0 Å². The highest BCUT2D eigenvalue weighted by Gasteiger charge is 2.42. The Bertz CT molecular complexity index is 1130. The van der Waals surface area contributed by atoms with Crippen molar-refractivity contribution >= 4 is 26.0 Å². The molecule has 0 fully saturated rings. The molecule has 0 bridgehead atoms. The Morgan fingerprint density at radius 2 is 1.11 bits per heavy atom. The number of hydrogen-bond acceptors (Lipinski definition) is 0. The zero-order chi connectivity index (χ0) is 19.3. The van der Waals surface area contributed by atoms with Crippen molar-refractivity contribution in [3.8, 4) is 11.1 Å². The Hall–Kier alpha value is -2.29. The minimum Gasteiger partial charge on any atom is -0.132 e. The number of halogens is 1. The van der Waals surface area contributed by atoms with Crippen LogP contribution in [0.2, 0.25) is 0 Å². The molecule has 0 spiro atoms. The third-order valence-electron chi connectivity index (χ3n) is 5.54. The molecule has 0 aromatic heterocycles. The first kappa shape index (κ1) is 17.8. The molecule has 1 aliphatic rings. The molecule has 2 heteroatoms. The molecule has 4 aromatic carbocycles. The molecule has 0 saturated heterocycles. The Kier molecular flexibility index (Phi) is 4.22. The molecule has 5 rings (SSSR count). The predicted molar refractivity (Wildman–Crippen MR) is 123 cm³/mol. The topological polar surface area (TPSA) is 0 Å². The van der Waals surface area contributed by atoms with Gasteiger partial charge in [0.25, 0.3) is 0 Å². The highest BCUT2D eigenvalue weighted by atomic mass is 79.9. The summed E-state index contributed by atoms with van der Waals surface area (Å²) < 4.78 is 1.17. The molecule has 0 aliphatic carbocycles. The van der Waals surface area contributed by atoms with Crippen LogP contribution in [0.25, 0.3) is 11.1 Å². The molecule has 0 N–H and O–H groups in total. The third-order valence-corrected chi connectivity index (χ3v) is 10.2. The van der Waals surface area contributed by atoms with E-state index in [9.17, 15) is 0 Å². The molecule has 0 radical (unpaired) electrons. The van der Waals surface area contributed by atoms with E-state index in [0.29, 0.717) is 0 Å². The van der Waals surface area contributed by atoms with Gasteiger partial charge in [-0.25, -0.2) is 0 Å². The van der Waals surface area contributed by atoms with Gasteiger partial charge in [0.15, 0.2) is 0 Å². The van der Waals surface area contributed by atoms with Gasteiger partial charge in [0.05, 0.1) is 0 Å². The van der Waals surface area contributed by atoms with Gasteiger partial charge in [-0.1, -0.05) is 75.6 Å². The van der Waals surface area contributed by atoms with Crippen molar-refractivity contribution in [3.63, 3.8) is 0 Å². The fraction of sp³-hybridized carbons (Fsp3) is 0.0769. The number of benzene rings is 4. The molecule has 0 amide bonds. The average molecular weight is 445 g/mol. The van der Waals surface area contributed by atoms with E-state index in [-0.39, 0.29) is 0 Å². The first-order valence-corrected chi connectivity index (χ1v) is 11.9. The van der Waals surface area contributed by atoms with Crippen LogP contribution in [0.15, 0.2) is 115 Å². The van der Waals surface area contributed by atoms with E-state index in [1.165, 1.54) is 46.3 Å². The van der Waals surface area contributed by atoms with Gasteiger partial charge in [-0.3, -0.25) is 0 Å². The Labute approximate surface area is 176 Å². The Balaban J connectivity index is 1.97. The van der Waals surface area contributed by atoms with Crippen LogP contribution in [0.5, 0.6) is 0 Å². The second kappa shape index (κ2) is 6.65. The Morgan fingerprint density at radius 3 is 1.71 bits per heavy atom. The van der Waals surface area contributed by atoms with E-state index in [0.717, 1.165) is 0 Å². The molecule has 0 unspecified atom stereocenters. The highest BCUT2D eigenvalue weighted by molar-refractivity contribution is 9.10. The standard InChI is InChI=1S/C26H21BrS/c1-18-10-14-20(15-11-18)28(21-16-12-19(2)13-17-21)24-8-4-3-6-22(24)26-23(27)7-5-9-25(26)28/h3-17H,1-2H3. The maximum atomic E-state index is 3.85. The molecule has 0 saturated carbocycles. The zero-order valence-corrected chi connectivity index (χ0v) is 18.3. The van der Waals surface area contributed by atoms with Crippen molar-refractivity contribution < 1.29 is 0 Å². The summed E-state index contributed by atoms with van der Waals surface area (Å²) in [5.41, 5.74) is 5.28. The minimum atomic E-state index is -1.52. The van der Waals surface area contributed by atoms with Crippen LogP contribution in [-0.4, -0.2) is 0 Å². The molecule has 1 heterocycles. The van der Waals surface area contributed by atoms with Gasteiger partial charge in [0.2, 0.25) is 0 Å². The van der Waals surface area contributed by atoms with Crippen molar-refractivity contribution in [2.24, 2.45) is 0 Å². The largest absolute Gasteiger partial charge is 0.132 e. The maximum Gasteiger partial charge on any atom is 0.0265 e. The van der Waals surface area contributed by atoms with E-state index >= 15 is 0 Å². The molecule has 28 heavy (non-hydrogen) atoms.